The molecule has 0 spiro atoms. The van der Waals surface area contributed by atoms with Crippen LogP contribution in [0.5, 0.6) is 0 Å². The Bertz CT molecular complexity index is 362. The molecule has 0 atom stereocenters. The molecule has 0 aromatic carbocycles. The number of esters is 1. The van der Waals surface area contributed by atoms with Crippen LogP contribution in [0.4, 0.5) is 0 Å². The smallest absolute Gasteiger partial charge is 0.316 e. The molecule has 0 aliphatic carbocycles. The predicted octanol–water partition coefficient (Wildman–Crippen LogP) is 2.44. The first kappa shape index (κ1) is 12.5. The Hall–Kier alpha value is -0.520. The molecule has 7 heteroatoms. The van der Waals surface area contributed by atoms with Gasteiger partial charge in [0, 0.05) is 0 Å². The van der Waals surface area contributed by atoms with Crippen LogP contribution in [0.2, 0.25) is 10.3 Å². The van der Waals surface area contributed by atoms with Gasteiger partial charge >= 0.3 is 5.97 Å². The first-order chi connectivity index (χ1) is 7.13. The van der Waals surface area contributed by atoms with Crippen molar-refractivity contribution in [2.75, 3.05) is 12.4 Å². The summed E-state index contributed by atoms with van der Waals surface area (Å²) in [7, 11) is 0. The van der Waals surface area contributed by atoms with E-state index in [4.69, 9.17) is 27.9 Å². The van der Waals surface area contributed by atoms with E-state index in [-0.39, 0.29) is 22.0 Å². The number of carbonyl (C=O) groups excluding carboxylic acids is 1. The Labute approximate surface area is 101 Å². The van der Waals surface area contributed by atoms with Crippen molar-refractivity contribution in [3.8, 4) is 0 Å². The van der Waals surface area contributed by atoms with Crippen LogP contribution in [-0.2, 0) is 9.53 Å². The highest BCUT2D eigenvalue weighted by Crippen LogP contribution is 2.26. The van der Waals surface area contributed by atoms with Crippen LogP contribution in [0.25, 0.3) is 0 Å². The molecule has 4 nitrogen and oxygen atoms in total. The van der Waals surface area contributed by atoms with Gasteiger partial charge in [0.05, 0.1) is 17.3 Å². The Morgan fingerprint density at radius 2 is 2.27 bits per heavy atom. The lowest BCUT2D eigenvalue weighted by Gasteiger charge is -2.02. The van der Waals surface area contributed by atoms with Gasteiger partial charge in [-0.25, -0.2) is 0 Å². The van der Waals surface area contributed by atoms with Gasteiger partial charge in [-0.3, -0.25) is 4.79 Å². The SMILES string of the molecule is CCOC(=O)CSc1cc(Cl)nnc1Cl. The minimum absolute atomic E-state index is 0.176. The second-order valence-corrected chi connectivity index (χ2v) is 4.18. The lowest BCUT2D eigenvalue weighted by molar-refractivity contribution is -0.139. The van der Waals surface area contributed by atoms with Gasteiger partial charge in [0.15, 0.2) is 10.3 Å². The molecule has 82 valence electrons. The van der Waals surface area contributed by atoms with E-state index in [0.717, 1.165) is 0 Å². The zero-order chi connectivity index (χ0) is 11.3. The number of aromatic nitrogens is 2. The van der Waals surface area contributed by atoms with Crippen molar-refractivity contribution in [2.45, 2.75) is 11.8 Å². The van der Waals surface area contributed by atoms with E-state index >= 15 is 0 Å². The fourth-order valence-corrected chi connectivity index (χ4v) is 1.96. The molecular weight excluding hydrogens is 259 g/mol. The van der Waals surface area contributed by atoms with Gasteiger partial charge in [-0.15, -0.1) is 22.0 Å². The Balaban J connectivity index is 2.57. The highest BCUT2D eigenvalue weighted by molar-refractivity contribution is 8.00. The van der Waals surface area contributed by atoms with Gasteiger partial charge in [0.25, 0.3) is 0 Å². The van der Waals surface area contributed by atoms with Crippen molar-refractivity contribution >= 4 is 40.9 Å². The summed E-state index contributed by atoms with van der Waals surface area (Å²) in [5.74, 6) is -0.123. The number of ether oxygens (including phenoxy) is 1. The maximum Gasteiger partial charge on any atom is 0.316 e. The standard InChI is InChI=1S/C8H8Cl2N2O2S/c1-2-14-7(13)4-15-5-3-6(9)11-12-8(5)10/h3H,2,4H2,1H3. The topological polar surface area (TPSA) is 52.1 Å². The van der Waals surface area contributed by atoms with Crippen molar-refractivity contribution in [3.63, 3.8) is 0 Å². The van der Waals surface area contributed by atoms with Crippen molar-refractivity contribution in [1.82, 2.24) is 10.2 Å². The normalized spacial score (nSPS) is 10.1. The van der Waals surface area contributed by atoms with E-state index in [0.29, 0.717) is 11.5 Å². The summed E-state index contributed by atoms with van der Waals surface area (Å²) in [5.41, 5.74) is 0. The summed E-state index contributed by atoms with van der Waals surface area (Å²) >= 11 is 12.6. The minimum atomic E-state index is -0.300. The van der Waals surface area contributed by atoms with Crippen molar-refractivity contribution in [2.24, 2.45) is 0 Å². The van der Waals surface area contributed by atoms with Crippen LogP contribution < -0.4 is 0 Å². The Kier molecular flexibility index (Phi) is 5.14. The summed E-state index contributed by atoms with van der Waals surface area (Å²) in [4.78, 5) is 11.7. The van der Waals surface area contributed by atoms with E-state index < -0.39 is 0 Å². The first-order valence-corrected chi connectivity index (χ1v) is 5.84. The predicted molar refractivity (Wildman–Crippen MR) is 59.4 cm³/mol. The highest BCUT2D eigenvalue weighted by Gasteiger charge is 2.08. The third kappa shape index (κ3) is 4.24. The van der Waals surface area contributed by atoms with E-state index in [1.54, 1.807) is 13.0 Å². The molecule has 1 rings (SSSR count). The van der Waals surface area contributed by atoms with E-state index in [1.165, 1.54) is 11.8 Å². The van der Waals surface area contributed by atoms with Gasteiger partial charge in [-0.05, 0) is 13.0 Å². The van der Waals surface area contributed by atoms with E-state index in [2.05, 4.69) is 10.2 Å². The Morgan fingerprint density at radius 1 is 1.53 bits per heavy atom. The van der Waals surface area contributed by atoms with E-state index in [9.17, 15) is 4.79 Å². The fourth-order valence-electron chi connectivity index (χ4n) is 0.778. The summed E-state index contributed by atoms with van der Waals surface area (Å²) < 4.78 is 4.76. The molecule has 1 heterocycles. The fraction of sp³-hybridized carbons (Fsp3) is 0.375. The molecule has 0 amide bonds. The molecule has 0 aliphatic rings. The summed E-state index contributed by atoms with van der Waals surface area (Å²) in [5, 5.41) is 7.64. The zero-order valence-corrected chi connectivity index (χ0v) is 10.2. The largest absolute Gasteiger partial charge is 0.465 e. The molecule has 1 aromatic rings. The first-order valence-electron chi connectivity index (χ1n) is 4.10. The van der Waals surface area contributed by atoms with Crippen molar-refractivity contribution in [1.29, 1.82) is 0 Å². The number of halogens is 2. The number of thioether (sulfide) groups is 1. The number of carbonyl (C=O) groups is 1. The Morgan fingerprint density at radius 3 is 2.93 bits per heavy atom. The van der Waals surface area contributed by atoms with Crippen molar-refractivity contribution in [3.05, 3.63) is 16.4 Å². The van der Waals surface area contributed by atoms with E-state index in [1.807, 2.05) is 0 Å². The second kappa shape index (κ2) is 6.15. The maximum absolute atomic E-state index is 11.1. The number of rotatable bonds is 4. The third-order valence-electron chi connectivity index (χ3n) is 1.34. The lowest BCUT2D eigenvalue weighted by Crippen LogP contribution is -2.06. The monoisotopic (exact) mass is 266 g/mol. The molecule has 0 bridgehead atoms. The molecular formula is C8H8Cl2N2O2S. The van der Waals surface area contributed by atoms with Crippen molar-refractivity contribution < 1.29 is 9.53 Å². The molecule has 0 unspecified atom stereocenters. The van der Waals surface area contributed by atoms with Crippen LogP contribution >= 0.6 is 35.0 Å². The van der Waals surface area contributed by atoms with Crippen LogP contribution in [0.3, 0.4) is 0 Å². The van der Waals surface area contributed by atoms with Gasteiger partial charge in [0.1, 0.15) is 0 Å². The molecule has 0 saturated heterocycles. The number of hydrogen-bond acceptors (Lipinski definition) is 5. The lowest BCUT2D eigenvalue weighted by atomic mass is 10.6. The summed E-state index contributed by atoms with van der Waals surface area (Å²) in [6.45, 7) is 2.11. The average molecular weight is 267 g/mol. The molecule has 0 saturated carbocycles. The van der Waals surface area contributed by atoms with Crippen LogP contribution in [0, 0.1) is 0 Å². The maximum atomic E-state index is 11.1. The zero-order valence-electron chi connectivity index (χ0n) is 7.87. The summed E-state index contributed by atoms with van der Waals surface area (Å²) in [6.07, 6.45) is 0. The van der Waals surface area contributed by atoms with Gasteiger partial charge < -0.3 is 4.74 Å². The number of hydrogen-bond donors (Lipinski definition) is 0. The minimum Gasteiger partial charge on any atom is -0.465 e. The average Bonchev–Trinajstić information content (AvgIpc) is 2.20. The molecule has 0 aliphatic heterocycles. The van der Waals surface area contributed by atoms with Gasteiger partial charge in [0.2, 0.25) is 0 Å². The summed E-state index contributed by atoms with van der Waals surface area (Å²) in [6, 6.07) is 1.56. The second-order valence-electron chi connectivity index (χ2n) is 2.42. The molecule has 1 aromatic heterocycles. The molecule has 0 radical (unpaired) electrons. The molecule has 15 heavy (non-hydrogen) atoms. The van der Waals surface area contributed by atoms with Gasteiger partial charge in [-0.2, -0.15) is 0 Å². The quantitative estimate of drug-likeness (QED) is 0.619. The van der Waals surface area contributed by atoms with Crippen LogP contribution in [0.1, 0.15) is 6.92 Å². The highest BCUT2D eigenvalue weighted by atomic mass is 35.5. The molecule has 0 fully saturated rings. The third-order valence-corrected chi connectivity index (χ3v) is 2.92. The van der Waals surface area contributed by atoms with Crippen LogP contribution in [-0.4, -0.2) is 28.5 Å². The van der Waals surface area contributed by atoms with Gasteiger partial charge in [-0.1, -0.05) is 23.2 Å². The molecule has 0 N–H and O–H groups in total. The van der Waals surface area contributed by atoms with Crippen LogP contribution in [0.15, 0.2) is 11.0 Å². The number of nitrogens with zero attached hydrogens (tertiary/aromatic N) is 2.